The van der Waals surface area contributed by atoms with E-state index in [9.17, 15) is 4.79 Å². The number of nitrogens with zero attached hydrogens (tertiary/aromatic N) is 4. The van der Waals surface area contributed by atoms with Crippen LogP contribution in [0, 0.1) is 17.2 Å². The molecule has 25 heavy (non-hydrogen) atoms. The van der Waals surface area contributed by atoms with Crippen LogP contribution in [-0.4, -0.2) is 36.1 Å². The number of piperidine rings is 1. The molecule has 0 aliphatic carbocycles. The molecule has 0 bridgehead atoms. The first kappa shape index (κ1) is 16.7. The number of carbonyl (C=O) groups excluding carboxylic acids is 1. The summed E-state index contributed by atoms with van der Waals surface area (Å²) in [5, 5.41) is 11.7. The van der Waals surface area contributed by atoms with Crippen LogP contribution >= 0.6 is 0 Å². The molecule has 1 N–H and O–H groups in total. The topological polar surface area (TPSA) is 91.1 Å². The highest BCUT2D eigenvalue weighted by molar-refractivity contribution is 5.93. The standard InChI is InChI=1S/C18H19N5O2/c1-25-18-15(3-2-8-20-18)22-17(24)14-6-9-23(10-7-14)16-5-4-13(11-19)12-21-16/h2-5,8,12,14H,6-7,9-10H2,1H3,(H,22,24). The van der Waals surface area contributed by atoms with Crippen LogP contribution < -0.4 is 15.0 Å². The van der Waals surface area contributed by atoms with Crippen LogP contribution in [0.5, 0.6) is 5.88 Å². The fraction of sp³-hybridized carbons (Fsp3) is 0.333. The van der Waals surface area contributed by atoms with Gasteiger partial charge in [-0.15, -0.1) is 0 Å². The number of hydrogen-bond acceptors (Lipinski definition) is 6. The van der Waals surface area contributed by atoms with Crippen molar-refractivity contribution in [2.45, 2.75) is 12.8 Å². The molecule has 128 valence electrons. The number of rotatable bonds is 4. The number of carbonyl (C=O) groups is 1. The van der Waals surface area contributed by atoms with Crippen molar-refractivity contribution in [3.05, 3.63) is 42.2 Å². The van der Waals surface area contributed by atoms with Crippen LogP contribution in [0.2, 0.25) is 0 Å². The molecule has 2 aromatic rings. The number of aromatic nitrogens is 2. The van der Waals surface area contributed by atoms with Gasteiger partial charge in [0.15, 0.2) is 0 Å². The second-order valence-corrected chi connectivity index (χ2v) is 5.83. The number of nitriles is 1. The molecule has 1 aliphatic rings. The van der Waals surface area contributed by atoms with Crippen molar-refractivity contribution in [1.82, 2.24) is 9.97 Å². The van der Waals surface area contributed by atoms with E-state index in [1.807, 2.05) is 6.07 Å². The third-order valence-electron chi connectivity index (χ3n) is 4.29. The SMILES string of the molecule is COc1ncccc1NC(=O)C1CCN(c2ccc(C#N)cn2)CC1. The van der Waals surface area contributed by atoms with Gasteiger partial charge in [-0.25, -0.2) is 9.97 Å². The molecule has 0 aromatic carbocycles. The zero-order valence-corrected chi connectivity index (χ0v) is 14.0. The fourth-order valence-corrected chi connectivity index (χ4v) is 2.89. The molecular formula is C18H19N5O2. The second-order valence-electron chi connectivity index (χ2n) is 5.83. The van der Waals surface area contributed by atoms with Crippen molar-refractivity contribution in [2.75, 3.05) is 30.4 Å². The Labute approximate surface area is 146 Å². The maximum absolute atomic E-state index is 12.5. The van der Waals surface area contributed by atoms with E-state index < -0.39 is 0 Å². The van der Waals surface area contributed by atoms with Crippen LogP contribution in [0.25, 0.3) is 0 Å². The lowest BCUT2D eigenvalue weighted by atomic mass is 9.96. The number of amides is 1. The van der Waals surface area contributed by atoms with Crippen molar-refractivity contribution in [3.63, 3.8) is 0 Å². The largest absolute Gasteiger partial charge is 0.480 e. The Kier molecular flexibility index (Phi) is 5.09. The Morgan fingerprint density at radius 1 is 1.32 bits per heavy atom. The zero-order chi connectivity index (χ0) is 17.6. The summed E-state index contributed by atoms with van der Waals surface area (Å²) in [5.41, 5.74) is 1.13. The van der Waals surface area contributed by atoms with Crippen molar-refractivity contribution in [3.8, 4) is 11.9 Å². The lowest BCUT2D eigenvalue weighted by Crippen LogP contribution is -2.38. The molecule has 0 radical (unpaired) electrons. The van der Waals surface area contributed by atoms with Gasteiger partial charge in [-0.05, 0) is 37.1 Å². The quantitative estimate of drug-likeness (QED) is 0.920. The van der Waals surface area contributed by atoms with E-state index in [0.717, 1.165) is 31.7 Å². The van der Waals surface area contributed by atoms with Gasteiger partial charge < -0.3 is 15.0 Å². The van der Waals surface area contributed by atoms with Gasteiger partial charge in [0.05, 0.1) is 12.7 Å². The van der Waals surface area contributed by atoms with Gasteiger partial charge in [0, 0.05) is 31.4 Å². The molecule has 7 nitrogen and oxygen atoms in total. The number of hydrogen-bond donors (Lipinski definition) is 1. The van der Waals surface area contributed by atoms with Gasteiger partial charge in [0.2, 0.25) is 11.8 Å². The van der Waals surface area contributed by atoms with Gasteiger partial charge >= 0.3 is 0 Å². The highest BCUT2D eigenvalue weighted by atomic mass is 16.5. The molecule has 7 heteroatoms. The highest BCUT2D eigenvalue weighted by Gasteiger charge is 2.26. The normalized spacial score (nSPS) is 14.6. The Balaban J connectivity index is 1.58. The van der Waals surface area contributed by atoms with Gasteiger partial charge in [0.25, 0.3) is 0 Å². The van der Waals surface area contributed by atoms with Crippen molar-refractivity contribution in [2.24, 2.45) is 5.92 Å². The van der Waals surface area contributed by atoms with E-state index in [4.69, 9.17) is 10.00 Å². The lowest BCUT2D eigenvalue weighted by Gasteiger charge is -2.32. The van der Waals surface area contributed by atoms with Crippen LogP contribution in [0.4, 0.5) is 11.5 Å². The Bertz CT molecular complexity index is 777. The summed E-state index contributed by atoms with van der Waals surface area (Å²) >= 11 is 0. The smallest absolute Gasteiger partial charge is 0.237 e. The average molecular weight is 337 g/mol. The van der Waals surface area contributed by atoms with Crippen LogP contribution in [0.15, 0.2) is 36.7 Å². The molecule has 3 heterocycles. The summed E-state index contributed by atoms with van der Waals surface area (Å²) in [7, 11) is 1.53. The first-order chi connectivity index (χ1) is 12.2. The minimum atomic E-state index is -0.0560. The molecule has 2 aromatic heterocycles. The predicted molar refractivity (Wildman–Crippen MR) is 93.3 cm³/mol. The molecule has 0 atom stereocenters. The van der Waals surface area contributed by atoms with E-state index >= 15 is 0 Å². The summed E-state index contributed by atoms with van der Waals surface area (Å²) < 4.78 is 5.16. The Morgan fingerprint density at radius 2 is 2.12 bits per heavy atom. The summed E-state index contributed by atoms with van der Waals surface area (Å²) in [4.78, 5) is 23.0. The number of ether oxygens (including phenoxy) is 1. The van der Waals surface area contributed by atoms with Crippen LogP contribution in [-0.2, 0) is 4.79 Å². The Hall–Kier alpha value is -3.14. The zero-order valence-electron chi connectivity index (χ0n) is 14.0. The predicted octanol–water partition coefficient (Wildman–Crippen LogP) is 2.21. The molecule has 0 spiro atoms. The van der Waals surface area contributed by atoms with Crippen molar-refractivity contribution in [1.29, 1.82) is 5.26 Å². The van der Waals surface area contributed by atoms with Gasteiger partial charge in [-0.1, -0.05) is 0 Å². The van der Waals surface area contributed by atoms with E-state index in [1.165, 1.54) is 7.11 Å². The van der Waals surface area contributed by atoms with E-state index in [1.54, 1.807) is 30.6 Å². The maximum Gasteiger partial charge on any atom is 0.237 e. The number of nitrogens with one attached hydrogen (secondary N) is 1. The van der Waals surface area contributed by atoms with Crippen LogP contribution in [0.1, 0.15) is 18.4 Å². The summed E-state index contributed by atoms with van der Waals surface area (Å²) in [5.74, 6) is 1.18. The van der Waals surface area contributed by atoms with Gasteiger partial charge in [-0.2, -0.15) is 5.26 Å². The summed E-state index contributed by atoms with van der Waals surface area (Å²) in [6, 6.07) is 9.21. The number of methoxy groups -OCH3 is 1. The first-order valence-corrected chi connectivity index (χ1v) is 8.12. The third kappa shape index (κ3) is 3.86. The monoisotopic (exact) mass is 337 g/mol. The van der Waals surface area contributed by atoms with Gasteiger partial charge in [-0.3, -0.25) is 4.79 Å². The maximum atomic E-state index is 12.5. The minimum Gasteiger partial charge on any atom is -0.480 e. The number of pyridine rings is 2. The molecule has 1 fully saturated rings. The molecule has 0 unspecified atom stereocenters. The highest BCUT2D eigenvalue weighted by Crippen LogP contribution is 2.25. The minimum absolute atomic E-state index is 0.0151. The lowest BCUT2D eigenvalue weighted by molar-refractivity contribution is -0.120. The Morgan fingerprint density at radius 3 is 2.76 bits per heavy atom. The van der Waals surface area contributed by atoms with E-state index in [2.05, 4.69) is 26.3 Å². The average Bonchev–Trinajstić information content (AvgIpc) is 2.68. The summed E-state index contributed by atoms with van der Waals surface area (Å²) in [6.45, 7) is 1.50. The molecule has 1 aliphatic heterocycles. The van der Waals surface area contributed by atoms with Crippen LogP contribution in [0.3, 0.4) is 0 Å². The number of anilines is 2. The van der Waals surface area contributed by atoms with Crippen molar-refractivity contribution >= 4 is 17.4 Å². The molecular weight excluding hydrogens is 318 g/mol. The molecule has 0 saturated carbocycles. The van der Waals surface area contributed by atoms with E-state index in [-0.39, 0.29) is 11.8 Å². The molecule has 3 rings (SSSR count). The first-order valence-electron chi connectivity index (χ1n) is 8.12. The molecule has 1 saturated heterocycles. The van der Waals surface area contributed by atoms with E-state index in [0.29, 0.717) is 17.1 Å². The summed E-state index contributed by atoms with van der Waals surface area (Å²) in [6.07, 6.45) is 4.69. The van der Waals surface area contributed by atoms with Gasteiger partial charge in [0.1, 0.15) is 17.6 Å². The molecule has 1 amide bonds. The second kappa shape index (κ2) is 7.62. The third-order valence-corrected chi connectivity index (χ3v) is 4.29. The van der Waals surface area contributed by atoms with Crippen molar-refractivity contribution < 1.29 is 9.53 Å². The fourth-order valence-electron chi connectivity index (χ4n) is 2.89.